The molecule has 0 atom stereocenters. The summed E-state index contributed by atoms with van der Waals surface area (Å²) in [7, 11) is 5.44. The maximum Gasteiger partial charge on any atom is 0.155 e. The number of hydrogen-bond donors (Lipinski definition) is 3. The standard InChI is InChI=1S/C10H15N5.C9H7N5/c1-6-7(5-11)10(15(3)4)14-9(13-2)8(6)12;10-5-7-6-13-14(9(7)11)8-3-1-2-4-12-8/h12H2,1-4H3,(H,13,14);1-4,6H,11H2. The third kappa shape index (κ3) is 4.34. The van der Waals surface area contributed by atoms with Gasteiger partial charge in [0.15, 0.2) is 11.6 Å². The molecule has 0 bridgehead atoms. The molecule has 0 saturated carbocycles. The van der Waals surface area contributed by atoms with Gasteiger partial charge in [0.1, 0.15) is 29.3 Å². The van der Waals surface area contributed by atoms with E-state index in [1.165, 1.54) is 10.9 Å². The average Bonchev–Trinajstić information content (AvgIpc) is 3.11. The van der Waals surface area contributed by atoms with Gasteiger partial charge in [-0.1, -0.05) is 6.07 Å². The molecule has 0 aliphatic rings. The van der Waals surface area contributed by atoms with Gasteiger partial charge in [-0.25, -0.2) is 9.97 Å². The van der Waals surface area contributed by atoms with Crippen LogP contribution in [0.4, 0.5) is 23.1 Å². The minimum atomic E-state index is 0.311. The molecule has 0 fully saturated rings. The van der Waals surface area contributed by atoms with Crippen LogP contribution in [0, 0.1) is 29.6 Å². The molecule has 0 radical (unpaired) electrons. The Labute approximate surface area is 169 Å². The van der Waals surface area contributed by atoms with Crippen molar-refractivity contribution in [3.8, 4) is 18.0 Å². The van der Waals surface area contributed by atoms with Gasteiger partial charge in [-0.05, 0) is 24.6 Å². The van der Waals surface area contributed by atoms with Crippen LogP contribution in [-0.2, 0) is 0 Å². The summed E-state index contributed by atoms with van der Waals surface area (Å²) >= 11 is 0. The summed E-state index contributed by atoms with van der Waals surface area (Å²) in [4.78, 5) is 10.2. The molecule has 10 nitrogen and oxygen atoms in total. The molecule has 10 heteroatoms. The van der Waals surface area contributed by atoms with Gasteiger partial charge in [-0.2, -0.15) is 20.3 Å². The van der Waals surface area contributed by atoms with E-state index in [0.29, 0.717) is 40.1 Å². The Kier molecular flexibility index (Phi) is 6.56. The van der Waals surface area contributed by atoms with Gasteiger partial charge in [-0.15, -0.1) is 0 Å². The van der Waals surface area contributed by atoms with Crippen LogP contribution in [0.2, 0.25) is 0 Å². The number of nitrogens with one attached hydrogen (secondary N) is 1. The largest absolute Gasteiger partial charge is 0.395 e. The molecule has 0 saturated heterocycles. The zero-order valence-electron chi connectivity index (χ0n) is 16.7. The van der Waals surface area contributed by atoms with Crippen LogP contribution in [0.15, 0.2) is 30.6 Å². The third-order valence-electron chi connectivity index (χ3n) is 4.04. The lowest BCUT2D eigenvalue weighted by atomic mass is 10.1. The predicted molar refractivity (Wildman–Crippen MR) is 112 cm³/mol. The fraction of sp³-hybridized carbons (Fsp3) is 0.211. The number of nitrogens with two attached hydrogens (primary N) is 2. The van der Waals surface area contributed by atoms with Crippen LogP contribution in [-0.4, -0.2) is 40.9 Å². The van der Waals surface area contributed by atoms with E-state index in [1.807, 2.05) is 33.2 Å². The average molecular weight is 390 g/mol. The van der Waals surface area contributed by atoms with E-state index in [-0.39, 0.29) is 0 Å². The molecule has 5 N–H and O–H groups in total. The van der Waals surface area contributed by atoms with E-state index in [2.05, 4.69) is 26.5 Å². The SMILES string of the molecule is CNc1nc(N(C)C)c(C#N)c(C)c1N.N#Cc1cnn(-c2ccccn2)c1N. The molecule has 3 aromatic heterocycles. The monoisotopic (exact) mass is 390 g/mol. The summed E-state index contributed by atoms with van der Waals surface area (Å²) < 4.78 is 1.43. The summed E-state index contributed by atoms with van der Waals surface area (Å²) in [5.41, 5.74) is 13.7. The van der Waals surface area contributed by atoms with E-state index in [1.54, 1.807) is 30.3 Å². The summed E-state index contributed by atoms with van der Waals surface area (Å²) in [5, 5.41) is 24.6. The fourth-order valence-electron chi connectivity index (χ4n) is 2.46. The second-order valence-electron chi connectivity index (χ2n) is 6.11. The van der Waals surface area contributed by atoms with Crippen LogP contribution >= 0.6 is 0 Å². The quantitative estimate of drug-likeness (QED) is 0.604. The summed E-state index contributed by atoms with van der Waals surface area (Å²) in [5.74, 6) is 2.15. The van der Waals surface area contributed by atoms with Crippen molar-refractivity contribution < 1.29 is 0 Å². The zero-order chi connectivity index (χ0) is 21.6. The van der Waals surface area contributed by atoms with Gasteiger partial charge in [0.25, 0.3) is 0 Å². The summed E-state index contributed by atoms with van der Waals surface area (Å²) in [6.07, 6.45) is 3.06. The smallest absolute Gasteiger partial charge is 0.155 e. The molecule has 0 unspecified atom stereocenters. The van der Waals surface area contributed by atoms with Crippen LogP contribution in [0.5, 0.6) is 0 Å². The van der Waals surface area contributed by atoms with Gasteiger partial charge >= 0.3 is 0 Å². The van der Waals surface area contributed by atoms with E-state index < -0.39 is 0 Å². The molecule has 0 amide bonds. The number of hydrogen-bond acceptors (Lipinski definition) is 9. The van der Waals surface area contributed by atoms with Gasteiger partial charge in [0, 0.05) is 27.3 Å². The maximum absolute atomic E-state index is 9.04. The van der Waals surface area contributed by atoms with Crippen molar-refractivity contribution in [2.45, 2.75) is 6.92 Å². The maximum atomic E-state index is 9.04. The molecule has 0 spiro atoms. The Hall–Kier alpha value is -4.31. The molecule has 148 valence electrons. The number of nitrogens with zero attached hydrogens (tertiary/aromatic N) is 7. The summed E-state index contributed by atoms with van der Waals surface area (Å²) in [6.45, 7) is 1.82. The lowest BCUT2D eigenvalue weighted by molar-refractivity contribution is 0.857. The molecule has 0 aromatic carbocycles. The van der Waals surface area contributed by atoms with Crippen molar-refractivity contribution in [3.05, 3.63) is 47.3 Å². The zero-order valence-corrected chi connectivity index (χ0v) is 16.7. The first kappa shape index (κ1) is 21.0. The lowest BCUT2D eigenvalue weighted by Crippen LogP contribution is -2.15. The highest BCUT2D eigenvalue weighted by Gasteiger charge is 2.15. The van der Waals surface area contributed by atoms with Crippen molar-refractivity contribution in [2.75, 3.05) is 42.8 Å². The highest BCUT2D eigenvalue weighted by molar-refractivity contribution is 5.74. The fourth-order valence-corrected chi connectivity index (χ4v) is 2.46. The number of pyridine rings is 2. The van der Waals surface area contributed by atoms with E-state index in [4.69, 9.17) is 22.0 Å². The van der Waals surface area contributed by atoms with Crippen LogP contribution < -0.4 is 21.7 Å². The third-order valence-corrected chi connectivity index (χ3v) is 4.04. The molecule has 0 aliphatic carbocycles. The molecular formula is C19H22N10. The Balaban J connectivity index is 0.000000207. The minimum Gasteiger partial charge on any atom is -0.395 e. The highest BCUT2D eigenvalue weighted by Crippen LogP contribution is 2.29. The van der Waals surface area contributed by atoms with Crippen LogP contribution in [0.25, 0.3) is 5.82 Å². The predicted octanol–water partition coefficient (Wildman–Crippen LogP) is 1.67. The molecule has 29 heavy (non-hydrogen) atoms. The molecule has 3 aromatic rings. The van der Waals surface area contributed by atoms with Crippen LogP contribution in [0.1, 0.15) is 16.7 Å². The first-order chi connectivity index (χ1) is 13.8. The number of aromatic nitrogens is 4. The van der Waals surface area contributed by atoms with Crippen molar-refractivity contribution in [1.29, 1.82) is 10.5 Å². The van der Waals surface area contributed by atoms with E-state index in [9.17, 15) is 0 Å². The molecule has 0 aliphatic heterocycles. The number of rotatable bonds is 3. The highest BCUT2D eigenvalue weighted by atomic mass is 15.3. The first-order valence-electron chi connectivity index (χ1n) is 8.55. The molecule has 3 heterocycles. The summed E-state index contributed by atoms with van der Waals surface area (Å²) in [6, 6.07) is 9.47. The van der Waals surface area contributed by atoms with Crippen molar-refractivity contribution in [1.82, 2.24) is 19.7 Å². The Morgan fingerprint density at radius 1 is 1.17 bits per heavy atom. The molecular weight excluding hydrogens is 368 g/mol. The van der Waals surface area contributed by atoms with Gasteiger partial charge in [-0.3, -0.25) is 0 Å². The van der Waals surface area contributed by atoms with Crippen LogP contribution in [0.3, 0.4) is 0 Å². The van der Waals surface area contributed by atoms with Crippen molar-refractivity contribution in [3.63, 3.8) is 0 Å². The Bertz CT molecular complexity index is 1070. The first-order valence-corrected chi connectivity index (χ1v) is 8.55. The Morgan fingerprint density at radius 2 is 1.90 bits per heavy atom. The van der Waals surface area contributed by atoms with Gasteiger partial charge in [0.2, 0.25) is 0 Å². The number of nitrogen functional groups attached to an aromatic ring is 2. The van der Waals surface area contributed by atoms with Gasteiger partial charge in [0.05, 0.1) is 17.4 Å². The van der Waals surface area contributed by atoms with E-state index in [0.717, 1.165) is 5.56 Å². The number of nitriles is 2. The minimum absolute atomic E-state index is 0.311. The second kappa shape index (κ2) is 9.06. The lowest BCUT2D eigenvalue weighted by Gasteiger charge is -2.17. The molecule has 3 rings (SSSR count). The van der Waals surface area contributed by atoms with E-state index >= 15 is 0 Å². The van der Waals surface area contributed by atoms with Crippen molar-refractivity contribution >= 4 is 23.1 Å². The van der Waals surface area contributed by atoms with Gasteiger partial charge < -0.3 is 21.7 Å². The normalized spacial score (nSPS) is 9.59. The number of anilines is 4. The topological polar surface area (TPSA) is 158 Å². The van der Waals surface area contributed by atoms with Crippen molar-refractivity contribution in [2.24, 2.45) is 0 Å². The Morgan fingerprint density at radius 3 is 2.38 bits per heavy atom. The second-order valence-corrected chi connectivity index (χ2v) is 6.11.